The summed E-state index contributed by atoms with van der Waals surface area (Å²) in [7, 11) is 0. The quantitative estimate of drug-likeness (QED) is 0.734. The van der Waals surface area contributed by atoms with Crippen LogP contribution in [0.1, 0.15) is 15.9 Å². The fourth-order valence-corrected chi connectivity index (χ4v) is 2.03. The molecule has 2 rings (SSSR count). The average Bonchev–Trinajstić information content (AvgIpc) is 2.35. The molecule has 0 saturated carbocycles. The SMILES string of the molecule is O=C(c1cc(Cl)ccc1F)c1cccc(Br)c1F. The van der Waals surface area contributed by atoms with E-state index in [1.807, 2.05) is 0 Å². The lowest BCUT2D eigenvalue weighted by Gasteiger charge is -2.05. The Kier molecular flexibility index (Phi) is 3.78. The van der Waals surface area contributed by atoms with Crippen molar-refractivity contribution in [2.75, 3.05) is 0 Å². The number of carbonyl (C=O) groups is 1. The summed E-state index contributed by atoms with van der Waals surface area (Å²) in [4.78, 5) is 12.0. The summed E-state index contributed by atoms with van der Waals surface area (Å²) in [5, 5.41) is 0.218. The van der Waals surface area contributed by atoms with Gasteiger partial charge in [0.25, 0.3) is 0 Å². The van der Waals surface area contributed by atoms with Crippen LogP contribution in [0, 0.1) is 11.6 Å². The highest BCUT2D eigenvalue weighted by Crippen LogP contribution is 2.23. The molecular formula is C13H6BrClF2O. The summed E-state index contributed by atoms with van der Waals surface area (Å²) in [6.45, 7) is 0. The van der Waals surface area contributed by atoms with Crippen LogP contribution in [0.15, 0.2) is 40.9 Å². The van der Waals surface area contributed by atoms with Gasteiger partial charge in [-0.1, -0.05) is 17.7 Å². The number of benzene rings is 2. The number of ketones is 1. The molecule has 2 aromatic carbocycles. The molecule has 0 spiro atoms. The van der Waals surface area contributed by atoms with Crippen LogP contribution in [0.25, 0.3) is 0 Å². The molecule has 0 amide bonds. The first kappa shape index (κ1) is 13.2. The third kappa shape index (κ3) is 2.44. The molecule has 0 bridgehead atoms. The second kappa shape index (κ2) is 5.16. The molecule has 0 aliphatic carbocycles. The molecule has 0 aliphatic heterocycles. The normalized spacial score (nSPS) is 10.4. The fraction of sp³-hybridized carbons (Fsp3) is 0. The van der Waals surface area contributed by atoms with Crippen molar-refractivity contribution in [3.05, 3.63) is 68.7 Å². The van der Waals surface area contributed by atoms with Gasteiger partial charge in [0, 0.05) is 5.02 Å². The zero-order valence-corrected chi connectivity index (χ0v) is 11.2. The maximum absolute atomic E-state index is 13.7. The molecule has 2 aromatic rings. The fourth-order valence-electron chi connectivity index (χ4n) is 1.50. The summed E-state index contributed by atoms with van der Waals surface area (Å²) in [6, 6.07) is 7.84. The predicted octanol–water partition coefficient (Wildman–Crippen LogP) is 4.61. The lowest BCUT2D eigenvalue weighted by molar-refractivity contribution is 0.103. The number of halogens is 4. The van der Waals surface area contributed by atoms with Crippen molar-refractivity contribution in [2.24, 2.45) is 0 Å². The summed E-state index contributed by atoms with van der Waals surface area (Å²) in [5.74, 6) is -2.19. The van der Waals surface area contributed by atoms with Gasteiger partial charge in [-0.2, -0.15) is 0 Å². The number of rotatable bonds is 2. The monoisotopic (exact) mass is 330 g/mol. The molecule has 0 N–H and O–H groups in total. The minimum atomic E-state index is -0.742. The summed E-state index contributed by atoms with van der Waals surface area (Å²) in [5.41, 5.74) is -0.454. The van der Waals surface area contributed by atoms with Crippen molar-refractivity contribution < 1.29 is 13.6 Å². The molecule has 0 heterocycles. The lowest BCUT2D eigenvalue weighted by atomic mass is 10.0. The molecule has 18 heavy (non-hydrogen) atoms. The number of carbonyl (C=O) groups excluding carboxylic acids is 1. The van der Waals surface area contributed by atoms with E-state index in [0.29, 0.717) is 0 Å². The van der Waals surface area contributed by atoms with Gasteiger partial charge >= 0.3 is 0 Å². The predicted molar refractivity (Wildman–Crippen MR) is 68.9 cm³/mol. The van der Waals surface area contributed by atoms with Gasteiger partial charge in [0.2, 0.25) is 0 Å². The standard InChI is InChI=1S/C13H6BrClF2O/c14-10-3-1-2-8(12(10)17)13(18)9-6-7(15)4-5-11(9)16/h1-6H. The second-order valence-electron chi connectivity index (χ2n) is 3.55. The third-order valence-electron chi connectivity index (χ3n) is 2.37. The molecule has 0 unspecified atom stereocenters. The van der Waals surface area contributed by atoms with Crippen LogP contribution < -0.4 is 0 Å². The van der Waals surface area contributed by atoms with Crippen LogP contribution in [0.4, 0.5) is 8.78 Å². The molecule has 92 valence electrons. The average molecular weight is 332 g/mol. The Balaban J connectivity index is 2.55. The van der Waals surface area contributed by atoms with E-state index in [0.717, 1.165) is 6.07 Å². The van der Waals surface area contributed by atoms with Gasteiger partial charge < -0.3 is 0 Å². The van der Waals surface area contributed by atoms with Gasteiger partial charge in [-0.15, -0.1) is 0 Å². The summed E-state index contributed by atoms with van der Waals surface area (Å²) in [6.07, 6.45) is 0. The second-order valence-corrected chi connectivity index (χ2v) is 4.85. The van der Waals surface area contributed by atoms with E-state index in [-0.39, 0.29) is 20.6 Å². The van der Waals surface area contributed by atoms with E-state index in [2.05, 4.69) is 15.9 Å². The minimum absolute atomic E-state index is 0.149. The highest BCUT2D eigenvalue weighted by Gasteiger charge is 2.19. The van der Waals surface area contributed by atoms with Crippen molar-refractivity contribution in [2.45, 2.75) is 0 Å². The van der Waals surface area contributed by atoms with E-state index in [1.165, 1.54) is 30.3 Å². The smallest absolute Gasteiger partial charge is 0.199 e. The Morgan fingerprint density at radius 1 is 1.11 bits per heavy atom. The van der Waals surface area contributed by atoms with Crippen molar-refractivity contribution in [3.8, 4) is 0 Å². The van der Waals surface area contributed by atoms with Crippen LogP contribution in [-0.2, 0) is 0 Å². The van der Waals surface area contributed by atoms with Gasteiger partial charge in [-0.05, 0) is 46.3 Å². The first-order valence-corrected chi connectivity index (χ1v) is 6.11. The van der Waals surface area contributed by atoms with E-state index in [9.17, 15) is 13.6 Å². The molecule has 0 atom stereocenters. The first-order valence-electron chi connectivity index (χ1n) is 4.94. The number of hydrogen-bond acceptors (Lipinski definition) is 1. The van der Waals surface area contributed by atoms with Gasteiger partial charge in [-0.3, -0.25) is 4.79 Å². The van der Waals surface area contributed by atoms with E-state index >= 15 is 0 Å². The zero-order chi connectivity index (χ0) is 13.3. The van der Waals surface area contributed by atoms with Gasteiger partial charge in [0.05, 0.1) is 15.6 Å². The Morgan fingerprint density at radius 3 is 2.56 bits per heavy atom. The first-order chi connectivity index (χ1) is 8.50. The van der Waals surface area contributed by atoms with Crippen molar-refractivity contribution in [1.29, 1.82) is 0 Å². The number of hydrogen-bond donors (Lipinski definition) is 0. The molecule has 5 heteroatoms. The van der Waals surface area contributed by atoms with E-state index in [1.54, 1.807) is 0 Å². The summed E-state index contributed by atoms with van der Waals surface area (Å²) >= 11 is 8.67. The molecule has 1 nitrogen and oxygen atoms in total. The van der Waals surface area contributed by atoms with Crippen LogP contribution >= 0.6 is 27.5 Å². The largest absolute Gasteiger partial charge is 0.288 e. The van der Waals surface area contributed by atoms with Gasteiger partial charge in [0.1, 0.15) is 11.6 Å². The minimum Gasteiger partial charge on any atom is -0.288 e. The maximum Gasteiger partial charge on any atom is 0.199 e. The van der Waals surface area contributed by atoms with Crippen molar-refractivity contribution in [3.63, 3.8) is 0 Å². The topological polar surface area (TPSA) is 17.1 Å². The summed E-state index contributed by atoms with van der Waals surface area (Å²) < 4.78 is 27.4. The molecule has 0 radical (unpaired) electrons. The van der Waals surface area contributed by atoms with Crippen molar-refractivity contribution >= 4 is 33.3 Å². The zero-order valence-electron chi connectivity index (χ0n) is 8.88. The molecule has 0 aliphatic rings. The van der Waals surface area contributed by atoms with Crippen LogP contribution in [0.2, 0.25) is 5.02 Å². The molecule has 0 aromatic heterocycles. The van der Waals surface area contributed by atoms with Gasteiger partial charge in [0.15, 0.2) is 5.78 Å². The van der Waals surface area contributed by atoms with E-state index in [4.69, 9.17) is 11.6 Å². The Hall–Kier alpha value is -1.26. The Bertz CT molecular complexity index is 624. The van der Waals surface area contributed by atoms with Gasteiger partial charge in [-0.25, -0.2) is 8.78 Å². The lowest BCUT2D eigenvalue weighted by Crippen LogP contribution is -2.07. The molecule has 0 fully saturated rings. The highest BCUT2D eigenvalue weighted by atomic mass is 79.9. The Morgan fingerprint density at radius 2 is 1.83 bits per heavy atom. The maximum atomic E-state index is 13.7. The Labute approximate surface area is 116 Å². The van der Waals surface area contributed by atoms with E-state index < -0.39 is 17.4 Å². The highest BCUT2D eigenvalue weighted by molar-refractivity contribution is 9.10. The van der Waals surface area contributed by atoms with Crippen LogP contribution in [0.5, 0.6) is 0 Å². The van der Waals surface area contributed by atoms with Crippen LogP contribution in [-0.4, -0.2) is 5.78 Å². The molecular weight excluding hydrogens is 325 g/mol. The third-order valence-corrected chi connectivity index (χ3v) is 3.22. The van der Waals surface area contributed by atoms with Crippen molar-refractivity contribution in [1.82, 2.24) is 0 Å². The molecule has 0 saturated heterocycles. The van der Waals surface area contributed by atoms with Crippen LogP contribution in [0.3, 0.4) is 0 Å².